The van der Waals surface area contributed by atoms with Gasteiger partial charge in [0.2, 0.25) is 0 Å². The molecule has 0 fully saturated rings. The third-order valence-corrected chi connectivity index (χ3v) is 4.02. The summed E-state index contributed by atoms with van der Waals surface area (Å²) in [6.45, 7) is 1.98. The number of halogens is 1. The first-order valence-corrected chi connectivity index (χ1v) is 7.26. The summed E-state index contributed by atoms with van der Waals surface area (Å²) in [5.74, 6) is 0.829. The van der Waals surface area contributed by atoms with Crippen molar-refractivity contribution in [3.05, 3.63) is 46.0 Å². The number of nitro benzene ring substituents is 1. The molecule has 1 aromatic carbocycles. The van der Waals surface area contributed by atoms with Crippen molar-refractivity contribution in [1.29, 1.82) is 0 Å². The predicted octanol–water partition coefficient (Wildman–Crippen LogP) is 2.10. The van der Waals surface area contributed by atoms with Crippen LogP contribution in [0.4, 0.5) is 11.4 Å². The maximum absolute atomic E-state index is 11.3. The molecule has 2 aromatic rings. The largest absolute Gasteiger partial charge is 0.357 e. The zero-order valence-corrected chi connectivity index (χ0v) is 12.2. The zero-order valence-electron chi connectivity index (χ0n) is 10.6. The lowest BCUT2D eigenvalue weighted by Crippen LogP contribution is -2.34. The molecule has 104 valence electrons. The van der Waals surface area contributed by atoms with E-state index in [4.69, 9.17) is 0 Å². The molecule has 0 bridgehead atoms. The number of anilines is 1. The molecule has 0 spiro atoms. The highest BCUT2D eigenvalue weighted by Gasteiger charge is 2.24. The van der Waals surface area contributed by atoms with Gasteiger partial charge in [0.1, 0.15) is 12.0 Å². The van der Waals surface area contributed by atoms with E-state index in [1.807, 2.05) is 15.5 Å². The molecule has 8 heteroatoms. The number of benzene rings is 1. The van der Waals surface area contributed by atoms with E-state index in [9.17, 15) is 10.1 Å². The van der Waals surface area contributed by atoms with Crippen LogP contribution >= 0.6 is 15.9 Å². The summed E-state index contributed by atoms with van der Waals surface area (Å²) in [5.41, 5.74) is 1.66. The lowest BCUT2D eigenvalue weighted by atomic mass is 10.1. The fourth-order valence-electron chi connectivity index (χ4n) is 2.34. The van der Waals surface area contributed by atoms with E-state index in [1.54, 1.807) is 18.5 Å². The molecule has 0 saturated carbocycles. The van der Waals surface area contributed by atoms with Crippen molar-refractivity contribution < 1.29 is 4.92 Å². The topological polar surface area (TPSA) is 77.1 Å². The van der Waals surface area contributed by atoms with Crippen LogP contribution in [0.5, 0.6) is 0 Å². The quantitative estimate of drug-likeness (QED) is 0.487. The van der Waals surface area contributed by atoms with Crippen LogP contribution in [-0.2, 0) is 18.4 Å². The van der Waals surface area contributed by atoms with Crippen LogP contribution < -0.4 is 4.90 Å². The maximum atomic E-state index is 11.3. The standard InChI is InChI=1S/C12H12BrN5O2/c13-6-9-1-2-10(11(5-9)18(19)20)16-3-4-17-8-14-15-12(17)7-16/h1-2,5,8H,3-4,6-7H2. The Bertz CT molecular complexity index is 657. The van der Waals surface area contributed by atoms with Gasteiger partial charge in [0.25, 0.3) is 5.69 Å². The van der Waals surface area contributed by atoms with Gasteiger partial charge in [0.15, 0.2) is 5.82 Å². The molecule has 1 aliphatic rings. The Hall–Kier alpha value is -1.96. The van der Waals surface area contributed by atoms with Gasteiger partial charge >= 0.3 is 0 Å². The fraction of sp³-hybridized carbons (Fsp3) is 0.333. The van der Waals surface area contributed by atoms with Crippen molar-refractivity contribution in [3.63, 3.8) is 0 Å². The van der Waals surface area contributed by atoms with Gasteiger partial charge in [-0.05, 0) is 11.6 Å². The Morgan fingerprint density at radius 1 is 1.40 bits per heavy atom. The van der Waals surface area contributed by atoms with Crippen molar-refractivity contribution in [2.75, 3.05) is 11.4 Å². The van der Waals surface area contributed by atoms with E-state index in [1.165, 1.54) is 0 Å². The van der Waals surface area contributed by atoms with Crippen molar-refractivity contribution >= 4 is 27.3 Å². The Morgan fingerprint density at radius 2 is 2.25 bits per heavy atom. The Morgan fingerprint density at radius 3 is 3.00 bits per heavy atom. The normalized spacial score (nSPS) is 14.2. The number of aromatic nitrogens is 3. The molecule has 3 rings (SSSR count). The number of hydrogen-bond donors (Lipinski definition) is 0. The molecule has 20 heavy (non-hydrogen) atoms. The van der Waals surface area contributed by atoms with Gasteiger partial charge in [-0.3, -0.25) is 10.1 Å². The van der Waals surface area contributed by atoms with Crippen LogP contribution in [0.3, 0.4) is 0 Å². The SMILES string of the molecule is O=[N+]([O-])c1cc(CBr)ccc1N1CCn2cnnc2C1. The number of nitrogens with zero attached hydrogens (tertiary/aromatic N) is 5. The van der Waals surface area contributed by atoms with Crippen LogP contribution in [0.2, 0.25) is 0 Å². The summed E-state index contributed by atoms with van der Waals surface area (Å²) in [6, 6.07) is 5.32. The number of fused-ring (bicyclic) bond motifs is 1. The second-order valence-corrected chi connectivity index (χ2v) is 5.14. The third-order valence-electron chi connectivity index (χ3n) is 3.37. The highest BCUT2D eigenvalue weighted by molar-refractivity contribution is 9.08. The molecule has 0 saturated heterocycles. The molecule has 7 nitrogen and oxygen atoms in total. The van der Waals surface area contributed by atoms with Crippen LogP contribution in [0.25, 0.3) is 0 Å². The molecular weight excluding hydrogens is 326 g/mol. The van der Waals surface area contributed by atoms with E-state index in [-0.39, 0.29) is 10.6 Å². The van der Waals surface area contributed by atoms with Crippen LogP contribution in [0.1, 0.15) is 11.4 Å². The molecule has 0 N–H and O–H groups in total. The van der Waals surface area contributed by atoms with E-state index in [0.717, 1.165) is 17.9 Å². The first-order chi connectivity index (χ1) is 9.69. The van der Waals surface area contributed by atoms with Gasteiger partial charge in [-0.2, -0.15) is 0 Å². The zero-order chi connectivity index (χ0) is 14.1. The molecule has 1 aliphatic heterocycles. The molecule has 0 atom stereocenters. The minimum atomic E-state index is -0.333. The van der Waals surface area contributed by atoms with Crippen molar-refractivity contribution in [1.82, 2.24) is 14.8 Å². The minimum Gasteiger partial charge on any atom is -0.357 e. The Kier molecular flexibility index (Phi) is 3.39. The second kappa shape index (κ2) is 5.20. The van der Waals surface area contributed by atoms with Gasteiger partial charge in [0, 0.05) is 24.5 Å². The van der Waals surface area contributed by atoms with Gasteiger partial charge in [0.05, 0.1) is 11.5 Å². The smallest absolute Gasteiger partial charge is 0.292 e. The summed E-state index contributed by atoms with van der Waals surface area (Å²) in [7, 11) is 0. The molecule has 0 aliphatic carbocycles. The maximum Gasteiger partial charge on any atom is 0.292 e. The number of hydrogen-bond acceptors (Lipinski definition) is 5. The van der Waals surface area contributed by atoms with Crippen LogP contribution in [-0.4, -0.2) is 26.2 Å². The molecular formula is C12H12BrN5O2. The predicted molar refractivity (Wildman–Crippen MR) is 76.8 cm³/mol. The highest BCUT2D eigenvalue weighted by Crippen LogP contribution is 2.31. The van der Waals surface area contributed by atoms with E-state index in [2.05, 4.69) is 26.1 Å². The number of alkyl halides is 1. The third kappa shape index (κ3) is 2.26. The number of nitro groups is 1. The average Bonchev–Trinajstić information content (AvgIpc) is 2.93. The van der Waals surface area contributed by atoms with Crippen LogP contribution in [0, 0.1) is 10.1 Å². The molecule has 1 aromatic heterocycles. The first-order valence-electron chi connectivity index (χ1n) is 6.14. The lowest BCUT2D eigenvalue weighted by Gasteiger charge is -2.28. The van der Waals surface area contributed by atoms with Crippen molar-refractivity contribution in [3.8, 4) is 0 Å². The van der Waals surface area contributed by atoms with E-state index >= 15 is 0 Å². The monoisotopic (exact) mass is 337 g/mol. The molecule has 2 heterocycles. The number of rotatable bonds is 3. The molecule has 0 unspecified atom stereocenters. The minimum absolute atomic E-state index is 0.134. The van der Waals surface area contributed by atoms with E-state index < -0.39 is 0 Å². The first kappa shape index (κ1) is 13.0. The summed E-state index contributed by atoms with van der Waals surface area (Å²) >= 11 is 3.32. The van der Waals surface area contributed by atoms with Crippen molar-refractivity contribution in [2.45, 2.75) is 18.4 Å². The Balaban J connectivity index is 1.96. The lowest BCUT2D eigenvalue weighted by molar-refractivity contribution is -0.384. The summed E-state index contributed by atoms with van der Waals surface area (Å²) in [4.78, 5) is 12.9. The average molecular weight is 338 g/mol. The summed E-state index contributed by atoms with van der Waals surface area (Å²) < 4.78 is 1.97. The summed E-state index contributed by atoms with van der Waals surface area (Å²) in [5, 5.41) is 19.8. The van der Waals surface area contributed by atoms with Gasteiger partial charge in [-0.1, -0.05) is 22.0 Å². The van der Waals surface area contributed by atoms with Crippen molar-refractivity contribution in [2.24, 2.45) is 0 Å². The Labute approximate surface area is 123 Å². The van der Waals surface area contributed by atoms with Gasteiger partial charge in [-0.25, -0.2) is 0 Å². The highest BCUT2D eigenvalue weighted by atomic mass is 79.9. The van der Waals surface area contributed by atoms with Gasteiger partial charge in [-0.15, -0.1) is 10.2 Å². The molecule has 0 amide bonds. The second-order valence-electron chi connectivity index (χ2n) is 4.58. The van der Waals surface area contributed by atoms with Gasteiger partial charge < -0.3 is 9.47 Å². The fourth-order valence-corrected chi connectivity index (χ4v) is 2.69. The van der Waals surface area contributed by atoms with E-state index in [0.29, 0.717) is 24.1 Å². The van der Waals surface area contributed by atoms with Crippen LogP contribution in [0.15, 0.2) is 24.5 Å². The summed E-state index contributed by atoms with van der Waals surface area (Å²) in [6.07, 6.45) is 1.69. The molecule has 0 radical (unpaired) electrons.